The van der Waals surface area contributed by atoms with E-state index in [0.717, 1.165) is 10.4 Å². The molecule has 0 aliphatic carbocycles. The monoisotopic (exact) mass is 400 g/mol. The smallest absolute Gasteiger partial charge is 0.232 e. The molecular formula is C21H14ClFO3S. The van der Waals surface area contributed by atoms with Gasteiger partial charge < -0.3 is 9.47 Å². The summed E-state index contributed by atoms with van der Waals surface area (Å²) in [5.41, 5.74) is 1.99. The summed E-state index contributed by atoms with van der Waals surface area (Å²) in [7, 11) is 0. The van der Waals surface area contributed by atoms with Crippen LogP contribution < -0.4 is 9.47 Å². The molecule has 0 spiro atoms. The summed E-state index contributed by atoms with van der Waals surface area (Å²) in [6, 6.07) is 11.5. The average molecular weight is 401 g/mol. The Hall–Kier alpha value is -2.63. The van der Waals surface area contributed by atoms with E-state index in [1.807, 2.05) is 24.4 Å². The zero-order valence-corrected chi connectivity index (χ0v) is 15.9. The van der Waals surface area contributed by atoms with Gasteiger partial charge in [0.15, 0.2) is 5.76 Å². The molecule has 27 heavy (non-hydrogen) atoms. The Morgan fingerprint density at radius 1 is 1.26 bits per heavy atom. The van der Waals surface area contributed by atoms with Gasteiger partial charge in [-0.05, 0) is 42.1 Å². The van der Waals surface area contributed by atoms with Gasteiger partial charge in [0.25, 0.3) is 0 Å². The summed E-state index contributed by atoms with van der Waals surface area (Å²) in [5, 5.41) is 2.25. The lowest BCUT2D eigenvalue weighted by Crippen LogP contribution is -2.00. The van der Waals surface area contributed by atoms with Gasteiger partial charge >= 0.3 is 0 Å². The second-order valence-corrected chi connectivity index (χ2v) is 7.48. The van der Waals surface area contributed by atoms with Crippen molar-refractivity contribution in [3.8, 4) is 11.5 Å². The molecule has 3 nitrogen and oxygen atoms in total. The van der Waals surface area contributed by atoms with Crippen LogP contribution in [-0.4, -0.2) is 5.78 Å². The summed E-state index contributed by atoms with van der Waals surface area (Å²) in [6.45, 7) is 2.02. The van der Waals surface area contributed by atoms with Gasteiger partial charge in [-0.1, -0.05) is 23.7 Å². The number of thiophene rings is 1. The van der Waals surface area contributed by atoms with Crippen LogP contribution in [-0.2, 0) is 6.61 Å². The molecule has 0 unspecified atom stereocenters. The lowest BCUT2D eigenvalue weighted by atomic mass is 10.0. The molecule has 4 rings (SSSR count). The number of hydrogen-bond donors (Lipinski definition) is 0. The number of ether oxygens (including phenoxy) is 2. The first-order valence-electron chi connectivity index (χ1n) is 8.20. The number of rotatable bonds is 4. The summed E-state index contributed by atoms with van der Waals surface area (Å²) in [5.74, 6) is 0.798. The fourth-order valence-corrected chi connectivity index (χ4v) is 3.73. The third kappa shape index (κ3) is 3.61. The zero-order valence-electron chi connectivity index (χ0n) is 14.3. The zero-order chi connectivity index (χ0) is 19.0. The van der Waals surface area contributed by atoms with Crippen molar-refractivity contribution in [3.05, 3.63) is 86.0 Å². The van der Waals surface area contributed by atoms with E-state index in [2.05, 4.69) is 0 Å². The van der Waals surface area contributed by atoms with E-state index < -0.39 is 5.82 Å². The molecule has 0 fully saturated rings. The van der Waals surface area contributed by atoms with Crippen LogP contribution in [0.5, 0.6) is 11.5 Å². The predicted molar refractivity (Wildman–Crippen MR) is 104 cm³/mol. The van der Waals surface area contributed by atoms with Crippen molar-refractivity contribution in [1.82, 2.24) is 0 Å². The van der Waals surface area contributed by atoms with E-state index in [-0.39, 0.29) is 12.4 Å². The van der Waals surface area contributed by atoms with Crippen molar-refractivity contribution in [1.29, 1.82) is 0 Å². The summed E-state index contributed by atoms with van der Waals surface area (Å²) in [6.07, 6.45) is 1.74. The van der Waals surface area contributed by atoms with Crippen LogP contribution in [0.1, 0.15) is 26.4 Å². The van der Waals surface area contributed by atoms with E-state index in [1.54, 1.807) is 24.3 Å². The lowest BCUT2D eigenvalue weighted by Gasteiger charge is -2.10. The molecule has 136 valence electrons. The maximum atomic E-state index is 13.1. The quantitative estimate of drug-likeness (QED) is 0.500. The number of hydrogen-bond acceptors (Lipinski definition) is 4. The molecule has 1 aliphatic heterocycles. The SMILES string of the molecule is Cc1cc(OCc2ccc(F)cc2Cl)cc2c1C(=O)/C(=C/c1cccs1)O2. The molecule has 0 atom stereocenters. The van der Waals surface area contributed by atoms with Crippen molar-refractivity contribution < 1.29 is 18.7 Å². The average Bonchev–Trinajstić information content (AvgIpc) is 3.23. The van der Waals surface area contributed by atoms with Gasteiger partial charge in [0.05, 0.1) is 10.6 Å². The van der Waals surface area contributed by atoms with Crippen LogP contribution in [0.2, 0.25) is 5.02 Å². The van der Waals surface area contributed by atoms with Crippen LogP contribution in [0.3, 0.4) is 0 Å². The summed E-state index contributed by atoms with van der Waals surface area (Å²) < 4.78 is 24.7. The molecule has 2 aromatic carbocycles. The molecule has 2 heterocycles. The topological polar surface area (TPSA) is 35.5 Å². The molecule has 1 aromatic heterocycles. The van der Waals surface area contributed by atoms with Crippen LogP contribution in [0, 0.1) is 12.7 Å². The van der Waals surface area contributed by atoms with Gasteiger partial charge in [-0.25, -0.2) is 4.39 Å². The maximum absolute atomic E-state index is 13.1. The predicted octanol–water partition coefficient (Wildman–Crippen LogP) is 6.04. The first-order chi connectivity index (χ1) is 13.0. The van der Waals surface area contributed by atoms with E-state index >= 15 is 0 Å². The van der Waals surface area contributed by atoms with Gasteiger partial charge in [-0.15, -0.1) is 11.3 Å². The van der Waals surface area contributed by atoms with E-state index in [1.165, 1.54) is 23.5 Å². The van der Waals surface area contributed by atoms with Crippen molar-refractivity contribution in [2.24, 2.45) is 0 Å². The van der Waals surface area contributed by atoms with Crippen molar-refractivity contribution in [3.63, 3.8) is 0 Å². The highest BCUT2D eigenvalue weighted by atomic mass is 35.5. The molecule has 0 saturated heterocycles. The fraction of sp³-hybridized carbons (Fsp3) is 0.0952. The van der Waals surface area contributed by atoms with Gasteiger partial charge in [0.1, 0.15) is 23.9 Å². The van der Waals surface area contributed by atoms with Crippen LogP contribution >= 0.6 is 22.9 Å². The first-order valence-corrected chi connectivity index (χ1v) is 9.46. The highest BCUT2D eigenvalue weighted by molar-refractivity contribution is 7.10. The van der Waals surface area contributed by atoms with Gasteiger partial charge in [0.2, 0.25) is 5.78 Å². The molecule has 3 aromatic rings. The first kappa shape index (κ1) is 17.8. The van der Waals surface area contributed by atoms with Crippen molar-refractivity contribution in [2.45, 2.75) is 13.5 Å². The number of ketones is 1. The Balaban J connectivity index is 1.57. The minimum Gasteiger partial charge on any atom is -0.489 e. The van der Waals surface area contributed by atoms with Crippen LogP contribution in [0.25, 0.3) is 6.08 Å². The highest BCUT2D eigenvalue weighted by Crippen LogP contribution is 2.38. The standard InChI is InChI=1S/C21H14ClFO3S/c1-12-7-15(25-11-13-4-5-14(23)8-17(13)22)9-18-20(12)21(24)19(26-18)10-16-3-2-6-27-16/h2-10H,11H2,1H3/b19-10-. The minimum absolute atomic E-state index is 0.135. The maximum Gasteiger partial charge on any atom is 0.232 e. The van der Waals surface area contributed by atoms with Crippen LogP contribution in [0.4, 0.5) is 4.39 Å². The number of benzene rings is 2. The summed E-state index contributed by atoms with van der Waals surface area (Å²) >= 11 is 7.56. The normalized spacial score (nSPS) is 14.3. The Morgan fingerprint density at radius 2 is 2.11 bits per heavy atom. The van der Waals surface area contributed by atoms with E-state index in [0.29, 0.717) is 33.4 Å². The van der Waals surface area contributed by atoms with Crippen LogP contribution in [0.15, 0.2) is 53.6 Å². The molecule has 6 heteroatoms. The third-order valence-electron chi connectivity index (χ3n) is 4.17. The second kappa shape index (κ2) is 7.18. The number of aryl methyl sites for hydroxylation is 1. The molecule has 0 saturated carbocycles. The van der Waals surface area contributed by atoms with Gasteiger partial charge in [-0.2, -0.15) is 0 Å². The van der Waals surface area contributed by atoms with Crippen molar-refractivity contribution >= 4 is 34.8 Å². The number of carbonyl (C=O) groups is 1. The number of fused-ring (bicyclic) bond motifs is 1. The van der Waals surface area contributed by atoms with Crippen molar-refractivity contribution in [2.75, 3.05) is 0 Å². The van der Waals surface area contributed by atoms with E-state index in [9.17, 15) is 9.18 Å². The van der Waals surface area contributed by atoms with E-state index in [4.69, 9.17) is 21.1 Å². The minimum atomic E-state index is -0.394. The fourth-order valence-electron chi connectivity index (χ4n) is 2.86. The lowest BCUT2D eigenvalue weighted by molar-refractivity contribution is 0.101. The number of allylic oxidation sites excluding steroid dienone is 1. The Kier molecular flexibility index (Phi) is 4.72. The van der Waals surface area contributed by atoms with Gasteiger partial charge in [0, 0.05) is 22.6 Å². The molecule has 1 aliphatic rings. The Labute approximate surface area is 164 Å². The summed E-state index contributed by atoms with van der Waals surface area (Å²) in [4.78, 5) is 13.6. The molecule has 0 bridgehead atoms. The molecule has 0 amide bonds. The number of halogens is 2. The number of Topliss-reactive ketones (excluding diaryl/α,β-unsaturated/α-hetero) is 1. The number of carbonyl (C=O) groups excluding carboxylic acids is 1. The Morgan fingerprint density at radius 3 is 2.85 bits per heavy atom. The third-order valence-corrected chi connectivity index (χ3v) is 5.34. The second-order valence-electron chi connectivity index (χ2n) is 6.09. The Bertz CT molecular complexity index is 1060. The molecular weight excluding hydrogens is 387 g/mol. The highest BCUT2D eigenvalue weighted by Gasteiger charge is 2.30. The van der Waals surface area contributed by atoms with Gasteiger partial charge in [-0.3, -0.25) is 4.79 Å². The molecule has 0 radical (unpaired) electrons. The largest absolute Gasteiger partial charge is 0.489 e. The molecule has 0 N–H and O–H groups in total.